The second-order valence-corrected chi connectivity index (χ2v) is 4.24. The third-order valence-corrected chi connectivity index (χ3v) is 3.35. The summed E-state index contributed by atoms with van der Waals surface area (Å²) < 4.78 is 5.89. The number of benzene rings is 1. The zero-order valence-electron chi connectivity index (χ0n) is 7.73. The highest BCUT2D eigenvalue weighted by Gasteiger charge is 2.42. The fourth-order valence-electron chi connectivity index (χ4n) is 2.48. The van der Waals surface area contributed by atoms with E-state index in [1.54, 1.807) is 0 Å². The van der Waals surface area contributed by atoms with Gasteiger partial charge in [0, 0.05) is 16.9 Å². The average molecular weight is 182 g/mol. The molecule has 2 aliphatic carbocycles. The Hall–Kier alpha value is -1.50. The molecule has 1 aromatic carbocycles. The Morgan fingerprint density at radius 2 is 2.14 bits per heavy atom. The third-order valence-electron chi connectivity index (χ3n) is 3.35. The van der Waals surface area contributed by atoms with Crippen LogP contribution in [0.1, 0.15) is 23.7 Å². The molecule has 0 N–H and O–H groups in total. The van der Waals surface area contributed by atoms with Crippen molar-refractivity contribution < 1.29 is 4.42 Å². The van der Waals surface area contributed by atoms with Gasteiger partial charge in [-0.05, 0) is 18.4 Å². The molecule has 14 heavy (non-hydrogen) atoms. The molecule has 2 aromatic rings. The van der Waals surface area contributed by atoms with Crippen molar-refractivity contribution in [1.82, 2.24) is 0 Å². The largest absolute Gasteiger partial charge is 0.460 e. The quantitative estimate of drug-likeness (QED) is 0.607. The molecule has 0 saturated heterocycles. The molecule has 1 aromatic heterocycles. The first-order valence-electron chi connectivity index (χ1n) is 5.13. The van der Waals surface area contributed by atoms with Gasteiger partial charge < -0.3 is 4.42 Å². The number of hydrogen-bond donors (Lipinski definition) is 0. The molecule has 1 saturated carbocycles. The van der Waals surface area contributed by atoms with Gasteiger partial charge in [-0.1, -0.05) is 30.4 Å². The molecule has 1 fully saturated rings. The Morgan fingerprint density at radius 3 is 3.14 bits per heavy atom. The van der Waals surface area contributed by atoms with Crippen LogP contribution in [0.4, 0.5) is 0 Å². The van der Waals surface area contributed by atoms with Crippen LogP contribution in [0.25, 0.3) is 17.0 Å². The number of para-hydroxylation sites is 1. The molecule has 0 spiro atoms. The van der Waals surface area contributed by atoms with E-state index in [9.17, 15) is 0 Å². The molecule has 1 heterocycles. The van der Waals surface area contributed by atoms with E-state index in [4.69, 9.17) is 4.42 Å². The highest BCUT2D eigenvalue weighted by atomic mass is 16.3. The normalized spacial score (nSPS) is 27.4. The molecule has 2 atom stereocenters. The van der Waals surface area contributed by atoms with Gasteiger partial charge in [0.05, 0.1) is 0 Å². The van der Waals surface area contributed by atoms with E-state index in [-0.39, 0.29) is 0 Å². The maximum atomic E-state index is 5.89. The minimum absolute atomic E-state index is 0.683. The molecule has 1 nitrogen and oxygen atoms in total. The number of fused-ring (bicyclic) bond motifs is 5. The van der Waals surface area contributed by atoms with Gasteiger partial charge in [0.15, 0.2) is 0 Å². The number of furan rings is 1. The van der Waals surface area contributed by atoms with E-state index in [2.05, 4.69) is 30.4 Å². The van der Waals surface area contributed by atoms with E-state index in [0.29, 0.717) is 5.92 Å². The minimum Gasteiger partial charge on any atom is -0.460 e. The molecule has 4 rings (SSSR count). The molecule has 0 aliphatic heterocycles. The lowest BCUT2D eigenvalue weighted by Crippen LogP contribution is -1.86. The molecule has 0 amide bonds. The van der Waals surface area contributed by atoms with Crippen molar-refractivity contribution in [1.29, 1.82) is 0 Å². The van der Waals surface area contributed by atoms with E-state index in [0.717, 1.165) is 11.5 Å². The Balaban J connectivity index is 2.14. The van der Waals surface area contributed by atoms with Crippen molar-refractivity contribution in [2.75, 3.05) is 0 Å². The first kappa shape index (κ1) is 6.88. The Labute approximate surface area is 82.0 Å². The fourth-order valence-corrected chi connectivity index (χ4v) is 2.48. The smallest absolute Gasteiger partial charge is 0.134 e. The predicted octanol–water partition coefficient (Wildman–Crippen LogP) is 3.56. The summed E-state index contributed by atoms with van der Waals surface area (Å²) in [5.74, 6) is 2.67. The Bertz CT molecular complexity index is 547. The van der Waals surface area contributed by atoms with Gasteiger partial charge in [-0.25, -0.2) is 0 Å². The summed E-state index contributed by atoms with van der Waals surface area (Å²) in [5, 5.41) is 1.27. The molecular formula is C13H10O. The van der Waals surface area contributed by atoms with Crippen LogP contribution >= 0.6 is 0 Å². The summed E-state index contributed by atoms with van der Waals surface area (Å²) >= 11 is 0. The summed E-state index contributed by atoms with van der Waals surface area (Å²) in [6.45, 7) is 0. The number of allylic oxidation sites excluding steroid dienone is 1. The molecular weight excluding hydrogens is 172 g/mol. The third kappa shape index (κ3) is 0.711. The summed E-state index contributed by atoms with van der Waals surface area (Å²) in [6, 6.07) is 8.31. The van der Waals surface area contributed by atoms with Crippen LogP contribution in [0.15, 0.2) is 34.8 Å². The van der Waals surface area contributed by atoms with Gasteiger partial charge in [-0.3, -0.25) is 0 Å². The first-order chi connectivity index (χ1) is 6.93. The van der Waals surface area contributed by atoms with Gasteiger partial charge in [0.2, 0.25) is 0 Å². The topological polar surface area (TPSA) is 13.1 Å². The van der Waals surface area contributed by atoms with Crippen molar-refractivity contribution >= 4 is 17.0 Å². The van der Waals surface area contributed by atoms with Crippen molar-refractivity contribution in [3.05, 3.63) is 41.7 Å². The molecule has 2 aliphatic rings. The zero-order chi connectivity index (χ0) is 9.12. The average Bonchev–Trinajstić information content (AvgIpc) is 2.92. The second-order valence-electron chi connectivity index (χ2n) is 4.24. The van der Waals surface area contributed by atoms with Gasteiger partial charge in [0.1, 0.15) is 11.3 Å². The van der Waals surface area contributed by atoms with E-state index in [1.165, 1.54) is 23.1 Å². The number of hydrogen-bond acceptors (Lipinski definition) is 1. The lowest BCUT2D eigenvalue weighted by Gasteiger charge is -2.00. The second kappa shape index (κ2) is 2.11. The molecule has 0 radical (unpaired) electrons. The molecule has 2 unspecified atom stereocenters. The van der Waals surface area contributed by atoms with Crippen LogP contribution in [-0.2, 0) is 0 Å². The van der Waals surface area contributed by atoms with E-state index >= 15 is 0 Å². The maximum Gasteiger partial charge on any atom is 0.134 e. The van der Waals surface area contributed by atoms with E-state index in [1.807, 2.05) is 6.07 Å². The predicted molar refractivity (Wildman–Crippen MR) is 56.1 cm³/mol. The van der Waals surface area contributed by atoms with Crippen LogP contribution in [0, 0.1) is 5.92 Å². The SMILES string of the molecule is C1=CC2CC2c2oc3ccccc3c21. The summed E-state index contributed by atoms with van der Waals surface area (Å²) in [7, 11) is 0. The fraction of sp³-hybridized carbons (Fsp3) is 0.231. The van der Waals surface area contributed by atoms with Crippen LogP contribution in [0.2, 0.25) is 0 Å². The highest BCUT2D eigenvalue weighted by Crippen LogP contribution is 2.54. The van der Waals surface area contributed by atoms with Crippen LogP contribution in [0.3, 0.4) is 0 Å². The summed E-state index contributed by atoms with van der Waals surface area (Å²) in [5.41, 5.74) is 2.36. The molecule has 1 heteroatoms. The minimum atomic E-state index is 0.683. The highest BCUT2D eigenvalue weighted by molar-refractivity contribution is 5.89. The van der Waals surface area contributed by atoms with Crippen LogP contribution in [-0.4, -0.2) is 0 Å². The lowest BCUT2D eigenvalue weighted by atomic mass is 10.0. The Kier molecular flexibility index (Phi) is 1.04. The first-order valence-corrected chi connectivity index (χ1v) is 5.13. The summed E-state index contributed by atoms with van der Waals surface area (Å²) in [4.78, 5) is 0. The monoisotopic (exact) mass is 182 g/mol. The molecule has 68 valence electrons. The Morgan fingerprint density at radius 1 is 1.21 bits per heavy atom. The zero-order valence-corrected chi connectivity index (χ0v) is 7.73. The van der Waals surface area contributed by atoms with Crippen molar-refractivity contribution in [2.45, 2.75) is 12.3 Å². The van der Waals surface area contributed by atoms with Gasteiger partial charge in [-0.15, -0.1) is 0 Å². The molecule has 0 bridgehead atoms. The van der Waals surface area contributed by atoms with Crippen LogP contribution < -0.4 is 0 Å². The summed E-state index contributed by atoms with van der Waals surface area (Å²) in [6.07, 6.45) is 5.84. The van der Waals surface area contributed by atoms with Crippen molar-refractivity contribution in [3.63, 3.8) is 0 Å². The van der Waals surface area contributed by atoms with Crippen molar-refractivity contribution in [3.8, 4) is 0 Å². The van der Waals surface area contributed by atoms with E-state index < -0.39 is 0 Å². The van der Waals surface area contributed by atoms with Crippen molar-refractivity contribution in [2.24, 2.45) is 5.92 Å². The lowest BCUT2D eigenvalue weighted by molar-refractivity contribution is 0.545. The number of rotatable bonds is 0. The standard InChI is InChI=1S/C13H10O/c1-2-4-12-9(3-1)10-6-5-8-7-11(8)13(10)14-12/h1-6,8,11H,7H2. The van der Waals surface area contributed by atoms with Gasteiger partial charge >= 0.3 is 0 Å². The van der Waals surface area contributed by atoms with Gasteiger partial charge in [-0.2, -0.15) is 0 Å². The maximum absolute atomic E-state index is 5.89. The van der Waals surface area contributed by atoms with Crippen LogP contribution in [0.5, 0.6) is 0 Å². The van der Waals surface area contributed by atoms with Gasteiger partial charge in [0.25, 0.3) is 0 Å².